The van der Waals surface area contributed by atoms with Gasteiger partial charge < -0.3 is 14.2 Å². The molecule has 2 heterocycles. The number of hydrogen-bond donors (Lipinski definition) is 0. The molecule has 2 aromatic carbocycles. The van der Waals surface area contributed by atoms with E-state index in [1.165, 1.54) is 24.3 Å². The molecule has 1 amide bonds. The van der Waals surface area contributed by atoms with Crippen molar-refractivity contribution in [2.45, 2.75) is 25.3 Å². The van der Waals surface area contributed by atoms with E-state index in [0.717, 1.165) is 18.4 Å². The highest BCUT2D eigenvalue weighted by Crippen LogP contribution is 2.33. The first-order valence-corrected chi connectivity index (χ1v) is 9.60. The number of likely N-dealkylation sites (tertiary alicyclic amines) is 1. The molecule has 4 rings (SSSR count). The van der Waals surface area contributed by atoms with Gasteiger partial charge >= 0.3 is 0 Å². The van der Waals surface area contributed by atoms with Crippen LogP contribution in [0.1, 0.15) is 41.6 Å². The van der Waals surface area contributed by atoms with Crippen LogP contribution in [-0.4, -0.2) is 39.5 Å². The Morgan fingerprint density at radius 3 is 2.77 bits per heavy atom. The summed E-state index contributed by atoms with van der Waals surface area (Å²) in [5.41, 5.74) is 1.09. The monoisotopic (exact) mass is 408 g/mol. The van der Waals surface area contributed by atoms with Crippen LogP contribution in [0.5, 0.6) is 5.75 Å². The van der Waals surface area contributed by atoms with Crippen LogP contribution in [-0.2, 0) is 0 Å². The Kier molecular flexibility index (Phi) is 5.42. The fourth-order valence-corrected chi connectivity index (χ4v) is 3.57. The molecule has 1 aliphatic rings. The molecule has 0 aliphatic carbocycles. The number of nitrogens with zero attached hydrogens (tertiary/aromatic N) is 4. The number of ether oxygens (including phenoxy) is 1. The van der Waals surface area contributed by atoms with E-state index in [4.69, 9.17) is 9.26 Å². The first-order valence-electron chi connectivity index (χ1n) is 9.60. The number of carbonyl (C=O) groups excluding carboxylic acids is 1. The lowest BCUT2D eigenvalue weighted by Gasteiger charge is -2.33. The number of nitro benzene ring substituents is 1. The van der Waals surface area contributed by atoms with Crippen molar-refractivity contribution in [1.82, 2.24) is 15.0 Å². The molecular weight excluding hydrogens is 388 g/mol. The van der Waals surface area contributed by atoms with Gasteiger partial charge in [-0.05, 0) is 43.5 Å². The zero-order chi connectivity index (χ0) is 21.1. The third kappa shape index (κ3) is 3.86. The smallest absolute Gasteiger partial charge is 0.269 e. The van der Waals surface area contributed by atoms with Crippen molar-refractivity contribution in [2.75, 3.05) is 13.7 Å². The predicted molar refractivity (Wildman–Crippen MR) is 107 cm³/mol. The molecule has 3 aromatic rings. The summed E-state index contributed by atoms with van der Waals surface area (Å²) >= 11 is 0. The van der Waals surface area contributed by atoms with E-state index in [1.807, 2.05) is 24.3 Å². The lowest BCUT2D eigenvalue weighted by atomic mass is 10.0. The molecule has 30 heavy (non-hydrogen) atoms. The molecule has 154 valence electrons. The lowest BCUT2D eigenvalue weighted by molar-refractivity contribution is -0.384. The highest BCUT2D eigenvalue weighted by molar-refractivity contribution is 5.94. The molecular formula is C21H20N4O5. The van der Waals surface area contributed by atoms with E-state index in [0.29, 0.717) is 36.0 Å². The second-order valence-corrected chi connectivity index (χ2v) is 7.00. The Labute approximate surface area is 172 Å². The highest BCUT2D eigenvalue weighted by Gasteiger charge is 2.33. The molecule has 1 fully saturated rings. The van der Waals surface area contributed by atoms with Gasteiger partial charge in [0.1, 0.15) is 11.8 Å². The fourth-order valence-electron chi connectivity index (χ4n) is 3.57. The summed E-state index contributed by atoms with van der Waals surface area (Å²) in [5.74, 6) is 1.28. The molecule has 1 saturated heterocycles. The van der Waals surface area contributed by atoms with Crippen molar-refractivity contribution in [3.63, 3.8) is 0 Å². The van der Waals surface area contributed by atoms with Crippen molar-refractivity contribution in [1.29, 1.82) is 0 Å². The van der Waals surface area contributed by atoms with Crippen molar-refractivity contribution >= 4 is 11.6 Å². The maximum atomic E-state index is 13.1. The van der Waals surface area contributed by atoms with Crippen LogP contribution < -0.4 is 4.74 Å². The number of piperidine rings is 1. The Morgan fingerprint density at radius 1 is 1.23 bits per heavy atom. The first-order chi connectivity index (χ1) is 14.6. The molecule has 1 unspecified atom stereocenters. The summed E-state index contributed by atoms with van der Waals surface area (Å²) in [6, 6.07) is 12.6. The third-order valence-corrected chi connectivity index (χ3v) is 5.14. The van der Waals surface area contributed by atoms with E-state index in [2.05, 4.69) is 10.1 Å². The number of carbonyl (C=O) groups is 1. The van der Waals surface area contributed by atoms with Gasteiger partial charge in [0, 0.05) is 29.8 Å². The standard InChI is InChI=1S/C21H20N4O5/c1-29-17-6-4-5-15(13-17)19-22-20(30-23-19)18-7-2-3-12-24(18)21(26)14-8-10-16(11-9-14)25(27)28/h4-6,8-11,13,18H,2-3,7,12H2,1H3. The average molecular weight is 408 g/mol. The fraction of sp³-hybridized carbons (Fsp3) is 0.286. The lowest BCUT2D eigenvalue weighted by Crippen LogP contribution is -2.38. The van der Waals surface area contributed by atoms with Crippen molar-refractivity contribution in [3.05, 3.63) is 70.1 Å². The van der Waals surface area contributed by atoms with Crippen molar-refractivity contribution < 1.29 is 19.0 Å². The number of nitro groups is 1. The van der Waals surface area contributed by atoms with Gasteiger partial charge in [-0.2, -0.15) is 4.98 Å². The molecule has 0 spiro atoms. The van der Waals surface area contributed by atoms with Gasteiger partial charge in [-0.3, -0.25) is 14.9 Å². The van der Waals surface area contributed by atoms with E-state index < -0.39 is 4.92 Å². The number of amides is 1. The molecule has 0 radical (unpaired) electrons. The van der Waals surface area contributed by atoms with E-state index in [-0.39, 0.29) is 17.6 Å². The van der Waals surface area contributed by atoms with Gasteiger partial charge in [0.2, 0.25) is 11.7 Å². The number of methoxy groups -OCH3 is 1. The minimum Gasteiger partial charge on any atom is -0.497 e. The summed E-state index contributed by atoms with van der Waals surface area (Å²) in [6.45, 7) is 0.553. The minimum absolute atomic E-state index is 0.0541. The summed E-state index contributed by atoms with van der Waals surface area (Å²) in [4.78, 5) is 29.7. The van der Waals surface area contributed by atoms with E-state index >= 15 is 0 Å². The minimum atomic E-state index is -0.490. The molecule has 9 heteroatoms. The van der Waals surface area contributed by atoms with Crippen LogP contribution in [0.2, 0.25) is 0 Å². The van der Waals surface area contributed by atoms with Gasteiger partial charge in [0.25, 0.3) is 11.6 Å². The normalized spacial score (nSPS) is 16.3. The van der Waals surface area contributed by atoms with Gasteiger partial charge in [-0.1, -0.05) is 17.3 Å². The van der Waals surface area contributed by atoms with Crippen LogP contribution in [0.3, 0.4) is 0 Å². The largest absolute Gasteiger partial charge is 0.497 e. The second kappa shape index (κ2) is 8.32. The number of hydrogen-bond acceptors (Lipinski definition) is 7. The zero-order valence-corrected chi connectivity index (χ0v) is 16.4. The summed E-state index contributed by atoms with van der Waals surface area (Å²) in [5, 5.41) is 14.9. The predicted octanol–water partition coefficient (Wildman–Crippen LogP) is 4.02. The van der Waals surface area contributed by atoms with Crippen molar-refractivity contribution in [2.24, 2.45) is 0 Å². The number of benzene rings is 2. The van der Waals surface area contributed by atoms with E-state index in [1.54, 1.807) is 12.0 Å². The SMILES string of the molecule is COc1cccc(-c2noc(C3CCCCN3C(=O)c3ccc([N+](=O)[O-])cc3)n2)c1. The van der Waals surface area contributed by atoms with Crippen LogP contribution in [0, 0.1) is 10.1 Å². The molecule has 0 N–H and O–H groups in total. The summed E-state index contributed by atoms with van der Waals surface area (Å²) in [6.07, 6.45) is 2.51. The zero-order valence-electron chi connectivity index (χ0n) is 16.4. The van der Waals surface area contributed by atoms with Crippen LogP contribution in [0.4, 0.5) is 5.69 Å². The van der Waals surface area contributed by atoms with Crippen LogP contribution >= 0.6 is 0 Å². The molecule has 0 saturated carbocycles. The van der Waals surface area contributed by atoms with Gasteiger partial charge in [-0.25, -0.2) is 0 Å². The van der Waals surface area contributed by atoms with Crippen LogP contribution in [0.15, 0.2) is 53.1 Å². The van der Waals surface area contributed by atoms with Crippen molar-refractivity contribution in [3.8, 4) is 17.1 Å². The number of rotatable bonds is 5. The molecule has 9 nitrogen and oxygen atoms in total. The Morgan fingerprint density at radius 2 is 2.03 bits per heavy atom. The van der Waals surface area contributed by atoms with Gasteiger partial charge in [-0.15, -0.1) is 0 Å². The summed E-state index contributed by atoms with van der Waals surface area (Å²) in [7, 11) is 1.59. The van der Waals surface area contributed by atoms with Gasteiger partial charge in [0.15, 0.2) is 0 Å². The number of non-ortho nitro benzene ring substituents is 1. The first kappa shape index (κ1) is 19.6. The van der Waals surface area contributed by atoms with E-state index in [9.17, 15) is 14.9 Å². The maximum Gasteiger partial charge on any atom is 0.269 e. The Hall–Kier alpha value is -3.75. The number of aromatic nitrogens is 2. The molecule has 1 atom stereocenters. The molecule has 0 bridgehead atoms. The average Bonchev–Trinajstić information content (AvgIpc) is 3.29. The second-order valence-electron chi connectivity index (χ2n) is 7.00. The Bertz CT molecular complexity index is 1060. The third-order valence-electron chi connectivity index (χ3n) is 5.14. The van der Waals surface area contributed by atoms with Gasteiger partial charge in [0.05, 0.1) is 12.0 Å². The molecule has 1 aliphatic heterocycles. The highest BCUT2D eigenvalue weighted by atomic mass is 16.6. The molecule has 1 aromatic heterocycles. The Balaban J connectivity index is 1.58. The summed E-state index contributed by atoms with van der Waals surface area (Å²) < 4.78 is 10.8. The topological polar surface area (TPSA) is 112 Å². The quantitative estimate of drug-likeness (QED) is 0.463. The maximum absolute atomic E-state index is 13.1. The van der Waals surface area contributed by atoms with Crippen LogP contribution in [0.25, 0.3) is 11.4 Å².